The van der Waals surface area contributed by atoms with E-state index in [2.05, 4.69) is 31.4 Å². The fraction of sp³-hybridized carbons (Fsp3) is 0.889. The van der Waals surface area contributed by atoms with E-state index in [1.54, 1.807) is 0 Å². The monoisotopic (exact) mass is 186 g/mol. The molecule has 0 aromatic carbocycles. The van der Waals surface area contributed by atoms with Crippen molar-refractivity contribution in [3.8, 4) is 0 Å². The molecule has 70 valence electrons. The Balaban J connectivity index is 2.04. The maximum Gasteiger partial charge on any atom is 0.166 e. The minimum Gasteiger partial charge on any atom is -0.362 e. The second kappa shape index (κ2) is 4.08. The molecule has 2 nitrogen and oxygen atoms in total. The van der Waals surface area contributed by atoms with Gasteiger partial charge >= 0.3 is 0 Å². The highest BCUT2D eigenvalue weighted by molar-refractivity contribution is 7.80. The smallest absolute Gasteiger partial charge is 0.166 e. The Bertz CT molecular complexity index is 168. The van der Waals surface area contributed by atoms with Gasteiger partial charge in [-0.2, -0.15) is 0 Å². The minimum absolute atomic E-state index is 0.636. The van der Waals surface area contributed by atoms with Gasteiger partial charge in [-0.15, -0.1) is 0 Å². The average Bonchev–Trinajstić information content (AvgIpc) is 2.62. The highest BCUT2D eigenvalue weighted by Crippen LogP contribution is 2.28. The molecule has 1 rings (SSSR count). The van der Waals surface area contributed by atoms with Crippen LogP contribution in [0.3, 0.4) is 0 Å². The molecular formula is C9H18N2S. The Morgan fingerprint density at radius 2 is 2.17 bits per heavy atom. The molecule has 1 saturated carbocycles. The van der Waals surface area contributed by atoms with Crippen LogP contribution in [-0.4, -0.2) is 17.7 Å². The zero-order chi connectivity index (χ0) is 9.14. The molecule has 0 saturated heterocycles. The molecule has 0 radical (unpaired) electrons. The van der Waals surface area contributed by atoms with Crippen LogP contribution in [0.2, 0.25) is 0 Å². The molecule has 3 heteroatoms. The molecule has 0 spiro atoms. The topological polar surface area (TPSA) is 24.1 Å². The summed E-state index contributed by atoms with van der Waals surface area (Å²) in [6.45, 7) is 7.56. The van der Waals surface area contributed by atoms with Gasteiger partial charge in [0, 0.05) is 12.6 Å². The highest BCUT2D eigenvalue weighted by atomic mass is 32.1. The maximum absolute atomic E-state index is 5.12. The molecule has 0 bridgehead atoms. The fourth-order valence-electron chi connectivity index (χ4n) is 1.04. The van der Waals surface area contributed by atoms with Crippen molar-refractivity contribution in [3.05, 3.63) is 0 Å². The van der Waals surface area contributed by atoms with Crippen molar-refractivity contribution in [1.29, 1.82) is 0 Å². The number of hydrogen-bond acceptors (Lipinski definition) is 1. The van der Waals surface area contributed by atoms with Gasteiger partial charge in [0.25, 0.3) is 0 Å². The van der Waals surface area contributed by atoms with Crippen LogP contribution in [0, 0.1) is 11.8 Å². The molecule has 0 aromatic heterocycles. The van der Waals surface area contributed by atoms with Crippen LogP contribution < -0.4 is 10.6 Å². The van der Waals surface area contributed by atoms with Crippen molar-refractivity contribution in [1.82, 2.24) is 10.6 Å². The lowest BCUT2D eigenvalue weighted by molar-refractivity contribution is 0.617. The molecule has 0 aromatic rings. The summed E-state index contributed by atoms with van der Waals surface area (Å²) in [5.74, 6) is 1.46. The van der Waals surface area contributed by atoms with Crippen LogP contribution in [0.5, 0.6) is 0 Å². The predicted octanol–water partition coefficient (Wildman–Crippen LogP) is 1.51. The first kappa shape index (κ1) is 9.78. The molecule has 1 aliphatic carbocycles. The molecule has 2 unspecified atom stereocenters. The maximum atomic E-state index is 5.12. The van der Waals surface area contributed by atoms with Gasteiger partial charge in [0.2, 0.25) is 0 Å². The second-order valence-electron chi connectivity index (χ2n) is 4.07. The minimum atomic E-state index is 0.636. The van der Waals surface area contributed by atoms with E-state index < -0.39 is 0 Å². The van der Waals surface area contributed by atoms with Gasteiger partial charge in [-0.05, 0) is 30.5 Å². The van der Waals surface area contributed by atoms with Gasteiger partial charge in [-0.3, -0.25) is 0 Å². The highest BCUT2D eigenvalue weighted by Gasteiger charge is 2.32. The second-order valence-corrected chi connectivity index (χ2v) is 4.48. The molecule has 1 fully saturated rings. The first-order valence-corrected chi connectivity index (χ1v) is 5.04. The van der Waals surface area contributed by atoms with Gasteiger partial charge < -0.3 is 10.6 Å². The summed E-state index contributed by atoms with van der Waals surface area (Å²) in [6, 6.07) is 0.636. The van der Waals surface area contributed by atoms with Gasteiger partial charge in [0.05, 0.1) is 0 Å². The van der Waals surface area contributed by atoms with Crippen LogP contribution in [0.15, 0.2) is 0 Å². The van der Waals surface area contributed by atoms with Crippen molar-refractivity contribution in [2.24, 2.45) is 11.8 Å². The van der Waals surface area contributed by atoms with Crippen molar-refractivity contribution in [2.75, 3.05) is 6.54 Å². The average molecular weight is 186 g/mol. The quantitative estimate of drug-likeness (QED) is 0.653. The van der Waals surface area contributed by atoms with Crippen LogP contribution in [0.1, 0.15) is 27.2 Å². The summed E-state index contributed by atoms with van der Waals surface area (Å²) in [5, 5.41) is 7.29. The lowest BCUT2D eigenvalue weighted by Crippen LogP contribution is -2.38. The summed E-state index contributed by atoms with van der Waals surface area (Å²) in [7, 11) is 0. The van der Waals surface area contributed by atoms with Crippen molar-refractivity contribution >= 4 is 17.3 Å². The first-order valence-electron chi connectivity index (χ1n) is 4.64. The van der Waals surface area contributed by atoms with E-state index >= 15 is 0 Å². The predicted molar refractivity (Wildman–Crippen MR) is 56.1 cm³/mol. The number of rotatable bonds is 3. The number of nitrogens with one attached hydrogen (secondary N) is 2. The Labute approximate surface area is 80.1 Å². The Hall–Kier alpha value is -0.310. The SMILES string of the molecule is CC(C)CNC(=S)NC1CC1C. The van der Waals surface area contributed by atoms with E-state index in [4.69, 9.17) is 12.2 Å². The third-order valence-corrected chi connectivity index (χ3v) is 2.36. The summed E-state index contributed by atoms with van der Waals surface area (Å²) < 4.78 is 0. The summed E-state index contributed by atoms with van der Waals surface area (Å²) in [4.78, 5) is 0. The van der Waals surface area contributed by atoms with E-state index in [9.17, 15) is 0 Å². The van der Waals surface area contributed by atoms with Crippen molar-refractivity contribution < 1.29 is 0 Å². The number of thiocarbonyl (C=S) groups is 1. The third kappa shape index (κ3) is 3.39. The van der Waals surface area contributed by atoms with E-state index in [0.717, 1.165) is 17.6 Å². The van der Waals surface area contributed by atoms with E-state index in [1.165, 1.54) is 6.42 Å². The largest absolute Gasteiger partial charge is 0.362 e. The summed E-state index contributed by atoms with van der Waals surface area (Å²) in [6.07, 6.45) is 1.27. The summed E-state index contributed by atoms with van der Waals surface area (Å²) in [5.41, 5.74) is 0. The zero-order valence-corrected chi connectivity index (χ0v) is 8.87. The Morgan fingerprint density at radius 3 is 2.58 bits per heavy atom. The van der Waals surface area contributed by atoms with Crippen molar-refractivity contribution in [3.63, 3.8) is 0 Å². The van der Waals surface area contributed by atoms with Gasteiger partial charge in [0.1, 0.15) is 0 Å². The molecule has 2 atom stereocenters. The standard InChI is InChI=1S/C9H18N2S/c1-6(2)5-10-9(12)11-8-4-7(8)3/h6-8H,4-5H2,1-3H3,(H2,10,11,12). The lowest BCUT2D eigenvalue weighted by Gasteiger charge is -2.11. The van der Waals surface area contributed by atoms with Gasteiger partial charge in [0.15, 0.2) is 5.11 Å². The Morgan fingerprint density at radius 1 is 1.58 bits per heavy atom. The molecular weight excluding hydrogens is 168 g/mol. The molecule has 1 aliphatic rings. The van der Waals surface area contributed by atoms with E-state index in [-0.39, 0.29) is 0 Å². The normalized spacial score (nSPS) is 27.0. The zero-order valence-electron chi connectivity index (χ0n) is 8.05. The van der Waals surface area contributed by atoms with Crippen molar-refractivity contribution in [2.45, 2.75) is 33.2 Å². The molecule has 0 amide bonds. The lowest BCUT2D eigenvalue weighted by atomic mass is 10.2. The van der Waals surface area contributed by atoms with Gasteiger partial charge in [-0.25, -0.2) is 0 Å². The molecule has 0 heterocycles. The number of hydrogen-bond donors (Lipinski definition) is 2. The molecule has 12 heavy (non-hydrogen) atoms. The van der Waals surface area contributed by atoms with E-state index in [0.29, 0.717) is 12.0 Å². The van der Waals surface area contributed by atoms with Gasteiger partial charge in [-0.1, -0.05) is 20.8 Å². The third-order valence-electron chi connectivity index (χ3n) is 2.10. The summed E-state index contributed by atoms with van der Waals surface area (Å²) >= 11 is 5.12. The van der Waals surface area contributed by atoms with Crippen LogP contribution >= 0.6 is 12.2 Å². The van der Waals surface area contributed by atoms with E-state index in [1.807, 2.05) is 0 Å². The Kier molecular flexibility index (Phi) is 3.32. The molecule has 2 N–H and O–H groups in total. The fourth-order valence-corrected chi connectivity index (χ4v) is 1.27. The molecule has 0 aliphatic heterocycles. The van der Waals surface area contributed by atoms with Crippen LogP contribution in [0.4, 0.5) is 0 Å². The van der Waals surface area contributed by atoms with Crippen LogP contribution in [0.25, 0.3) is 0 Å². The van der Waals surface area contributed by atoms with Crippen LogP contribution in [-0.2, 0) is 0 Å². The first-order chi connectivity index (χ1) is 5.59.